The number of rotatable bonds is 6. The Morgan fingerprint density at radius 1 is 1.05 bits per heavy atom. The average molecular weight is 411 g/mol. The van der Waals surface area contributed by atoms with Crippen molar-refractivity contribution >= 4 is 37.9 Å². The van der Waals surface area contributed by atoms with E-state index in [2.05, 4.69) is 44.0 Å². The Labute approximate surface area is 142 Å². The van der Waals surface area contributed by atoms with E-state index in [4.69, 9.17) is 10.5 Å². The fourth-order valence-corrected chi connectivity index (χ4v) is 3.45. The molecule has 0 fully saturated rings. The third kappa shape index (κ3) is 4.99. The summed E-state index contributed by atoms with van der Waals surface area (Å²) in [7, 11) is 0. The first kappa shape index (κ1) is 16.3. The molecule has 0 aliphatic carbocycles. The van der Waals surface area contributed by atoms with E-state index in [-0.39, 0.29) is 0 Å². The van der Waals surface area contributed by atoms with Crippen LogP contribution in [0.2, 0.25) is 0 Å². The van der Waals surface area contributed by atoms with Crippen LogP contribution >= 0.6 is 31.9 Å². The first-order chi connectivity index (χ1) is 10.2. The summed E-state index contributed by atoms with van der Waals surface area (Å²) in [6.07, 6.45) is 4.90. The summed E-state index contributed by atoms with van der Waals surface area (Å²) in [5.74, 6) is 0.813. The highest BCUT2D eigenvalue weighted by molar-refractivity contribution is 9.11. The number of halogens is 2. The zero-order chi connectivity index (χ0) is 15.1. The lowest BCUT2D eigenvalue weighted by molar-refractivity contribution is 0.359. The smallest absolute Gasteiger partial charge is 0.148 e. The van der Waals surface area contributed by atoms with Crippen LogP contribution in [0, 0.1) is 0 Å². The van der Waals surface area contributed by atoms with E-state index in [1.165, 1.54) is 5.56 Å². The minimum absolute atomic E-state index is 0.516. The summed E-state index contributed by atoms with van der Waals surface area (Å²) < 4.78 is 7.69. The highest BCUT2D eigenvalue weighted by atomic mass is 79.9. The van der Waals surface area contributed by atoms with Crippen molar-refractivity contribution in [2.45, 2.75) is 6.42 Å². The second-order valence-electron chi connectivity index (χ2n) is 4.55. The molecule has 21 heavy (non-hydrogen) atoms. The third-order valence-corrected chi connectivity index (χ3v) is 4.10. The van der Waals surface area contributed by atoms with Gasteiger partial charge in [0.15, 0.2) is 0 Å². The van der Waals surface area contributed by atoms with E-state index in [1.807, 2.05) is 42.5 Å². The third-order valence-electron chi connectivity index (χ3n) is 2.92. The first-order valence-corrected chi connectivity index (χ1v) is 8.31. The van der Waals surface area contributed by atoms with E-state index in [0.717, 1.165) is 26.7 Å². The average Bonchev–Trinajstić information content (AvgIpc) is 2.47. The van der Waals surface area contributed by atoms with Crippen molar-refractivity contribution in [3.8, 4) is 5.75 Å². The molecule has 0 saturated carbocycles. The molecule has 2 aromatic carbocycles. The van der Waals surface area contributed by atoms with Gasteiger partial charge in [-0.3, -0.25) is 0 Å². The van der Waals surface area contributed by atoms with Crippen LogP contribution < -0.4 is 10.5 Å². The van der Waals surface area contributed by atoms with Crippen LogP contribution in [0.3, 0.4) is 0 Å². The van der Waals surface area contributed by atoms with Gasteiger partial charge in [0, 0.05) is 0 Å². The molecule has 0 aliphatic rings. The normalized spacial score (nSPS) is 11.0. The molecule has 110 valence electrons. The molecule has 0 aromatic heterocycles. The fourth-order valence-electron chi connectivity index (χ4n) is 1.94. The van der Waals surface area contributed by atoms with Crippen molar-refractivity contribution in [2.24, 2.45) is 5.73 Å². The predicted molar refractivity (Wildman–Crippen MR) is 95.6 cm³/mol. The van der Waals surface area contributed by atoms with Gasteiger partial charge in [0.25, 0.3) is 0 Å². The Morgan fingerprint density at radius 2 is 1.71 bits per heavy atom. The molecule has 0 unspecified atom stereocenters. The summed E-state index contributed by atoms with van der Waals surface area (Å²) in [5, 5.41) is 0. The summed E-state index contributed by atoms with van der Waals surface area (Å²) in [6, 6.07) is 14.3. The molecule has 0 spiro atoms. The predicted octanol–water partition coefficient (Wildman–Crippen LogP) is 4.81. The highest BCUT2D eigenvalue weighted by Crippen LogP contribution is 2.34. The second-order valence-corrected chi connectivity index (χ2v) is 6.26. The molecule has 0 aliphatic heterocycles. The van der Waals surface area contributed by atoms with Gasteiger partial charge in [-0.2, -0.15) is 0 Å². The Bertz CT molecular complexity index is 588. The molecule has 4 heteroatoms. The molecule has 0 atom stereocenters. The zero-order valence-corrected chi connectivity index (χ0v) is 14.7. The maximum absolute atomic E-state index is 5.81. The van der Waals surface area contributed by atoms with Crippen LogP contribution in [0.25, 0.3) is 6.08 Å². The van der Waals surface area contributed by atoms with Gasteiger partial charge in [-0.1, -0.05) is 36.4 Å². The van der Waals surface area contributed by atoms with Crippen LogP contribution in [0.5, 0.6) is 5.75 Å². The molecular weight excluding hydrogens is 394 g/mol. The lowest BCUT2D eigenvalue weighted by Gasteiger charge is -2.10. The number of hydrogen-bond acceptors (Lipinski definition) is 2. The van der Waals surface area contributed by atoms with Crippen molar-refractivity contribution in [3.05, 3.63) is 68.6 Å². The van der Waals surface area contributed by atoms with Crippen molar-refractivity contribution in [2.75, 3.05) is 13.2 Å². The summed E-state index contributed by atoms with van der Waals surface area (Å²) in [5.41, 5.74) is 7.93. The van der Waals surface area contributed by atoms with Gasteiger partial charge < -0.3 is 10.5 Å². The monoisotopic (exact) mass is 409 g/mol. The molecule has 0 amide bonds. The highest BCUT2D eigenvalue weighted by Gasteiger charge is 2.08. The molecule has 0 bridgehead atoms. The van der Waals surface area contributed by atoms with E-state index in [0.29, 0.717) is 13.2 Å². The van der Waals surface area contributed by atoms with Crippen LogP contribution in [-0.4, -0.2) is 13.2 Å². The number of benzene rings is 2. The van der Waals surface area contributed by atoms with Crippen molar-refractivity contribution < 1.29 is 4.74 Å². The van der Waals surface area contributed by atoms with Gasteiger partial charge in [-0.25, -0.2) is 0 Å². The van der Waals surface area contributed by atoms with Crippen molar-refractivity contribution in [1.29, 1.82) is 0 Å². The molecule has 2 rings (SSSR count). The van der Waals surface area contributed by atoms with Gasteiger partial charge in [-0.05, 0) is 74.2 Å². The largest absolute Gasteiger partial charge is 0.487 e. The van der Waals surface area contributed by atoms with Crippen LogP contribution in [0.4, 0.5) is 0 Å². The van der Waals surface area contributed by atoms with E-state index < -0.39 is 0 Å². The lowest BCUT2D eigenvalue weighted by atomic mass is 10.1. The van der Waals surface area contributed by atoms with Gasteiger partial charge in [0.1, 0.15) is 12.4 Å². The Kier molecular flexibility index (Phi) is 6.49. The fraction of sp³-hybridized carbons (Fsp3) is 0.176. The van der Waals surface area contributed by atoms with E-state index >= 15 is 0 Å². The minimum atomic E-state index is 0.516. The van der Waals surface area contributed by atoms with Gasteiger partial charge in [0.05, 0.1) is 8.95 Å². The molecule has 2 N–H and O–H groups in total. The Hall–Kier alpha value is -1.10. The molecular formula is C17H17Br2NO. The summed E-state index contributed by atoms with van der Waals surface area (Å²) >= 11 is 7.09. The van der Waals surface area contributed by atoms with Crippen molar-refractivity contribution in [3.63, 3.8) is 0 Å². The van der Waals surface area contributed by atoms with Gasteiger partial charge >= 0.3 is 0 Å². The number of hydrogen-bond donors (Lipinski definition) is 1. The lowest BCUT2D eigenvalue weighted by Crippen LogP contribution is -2.03. The number of nitrogens with two attached hydrogens (primary N) is 1. The quantitative estimate of drug-likeness (QED) is 0.741. The van der Waals surface area contributed by atoms with Crippen LogP contribution in [0.1, 0.15) is 11.1 Å². The summed E-state index contributed by atoms with van der Waals surface area (Å²) in [6.45, 7) is 1.15. The zero-order valence-electron chi connectivity index (χ0n) is 11.6. The molecule has 0 radical (unpaired) electrons. The van der Waals surface area contributed by atoms with Gasteiger partial charge in [0.2, 0.25) is 0 Å². The second kappa shape index (κ2) is 8.37. The minimum Gasteiger partial charge on any atom is -0.487 e. The molecule has 0 saturated heterocycles. The van der Waals surface area contributed by atoms with Crippen LogP contribution in [0.15, 0.2) is 57.5 Å². The standard InChI is InChI=1S/C17H17Br2NO/c18-15-11-14(8-9-20)12-16(19)17(15)21-10-4-7-13-5-2-1-3-6-13/h1-7,11-12H,8-10,20H2/b7-4+. The molecule has 2 aromatic rings. The van der Waals surface area contributed by atoms with Gasteiger partial charge in [-0.15, -0.1) is 0 Å². The maximum Gasteiger partial charge on any atom is 0.148 e. The molecule has 2 nitrogen and oxygen atoms in total. The SMILES string of the molecule is NCCc1cc(Br)c(OC/C=C/c2ccccc2)c(Br)c1. The first-order valence-electron chi connectivity index (χ1n) is 6.73. The van der Waals surface area contributed by atoms with Crippen LogP contribution in [-0.2, 0) is 6.42 Å². The Morgan fingerprint density at radius 3 is 2.33 bits per heavy atom. The van der Waals surface area contributed by atoms with Crippen molar-refractivity contribution in [1.82, 2.24) is 0 Å². The summed E-state index contributed by atoms with van der Waals surface area (Å²) in [4.78, 5) is 0. The number of ether oxygens (including phenoxy) is 1. The molecule has 0 heterocycles. The topological polar surface area (TPSA) is 35.2 Å². The van der Waals surface area contributed by atoms with E-state index in [9.17, 15) is 0 Å². The maximum atomic E-state index is 5.81. The Balaban J connectivity index is 1.99. The van der Waals surface area contributed by atoms with E-state index in [1.54, 1.807) is 0 Å².